The fraction of sp³-hybridized carbons (Fsp3) is 0.167. The van der Waals surface area contributed by atoms with E-state index in [1.54, 1.807) is 11.5 Å². The Hall–Kier alpha value is -2.21. The van der Waals surface area contributed by atoms with Crippen LogP contribution in [0.15, 0.2) is 29.1 Å². The van der Waals surface area contributed by atoms with Crippen molar-refractivity contribution in [3.05, 3.63) is 46.0 Å². The molecule has 2 aromatic rings. The van der Waals surface area contributed by atoms with E-state index in [9.17, 15) is 14.0 Å². The van der Waals surface area contributed by atoms with Gasteiger partial charge < -0.3 is 4.57 Å². The Labute approximate surface area is 102 Å². The maximum Gasteiger partial charge on any atom is 0.253 e. The van der Waals surface area contributed by atoms with Crippen molar-refractivity contribution < 1.29 is 9.18 Å². The molecule has 0 radical (unpaired) electrons. The minimum absolute atomic E-state index is 0.0231. The van der Waals surface area contributed by atoms with E-state index in [1.807, 2.05) is 5.43 Å². The molecule has 0 spiro atoms. The largest absolute Gasteiger partial charge is 0.335 e. The van der Waals surface area contributed by atoms with Gasteiger partial charge in [0, 0.05) is 17.1 Å². The predicted molar refractivity (Wildman–Crippen MR) is 65.2 cm³/mol. The molecule has 5 nitrogen and oxygen atoms in total. The number of aryl methyl sites for hydroxylation is 1. The minimum Gasteiger partial charge on any atom is -0.335 e. The van der Waals surface area contributed by atoms with Crippen LogP contribution in [0.25, 0.3) is 10.9 Å². The summed E-state index contributed by atoms with van der Waals surface area (Å²) in [6.07, 6.45) is 0. The highest BCUT2D eigenvalue weighted by atomic mass is 19.1. The summed E-state index contributed by atoms with van der Waals surface area (Å²) < 4.78 is 14.7. The van der Waals surface area contributed by atoms with Crippen molar-refractivity contribution >= 4 is 16.8 Å². The average molecular weight is 249 g/mol. The van der Waals surface area contributed by atoms with Gasteiger partial charge in [0.2, 0.25) is 0 Å². The number of hydrazine groups is 1. The lowest BCUT2D eigenvalue weighted by Crippen LogP contribution is -2.34. The van der Waals surface area contributed by atoms with Crippen molar-refractivity contribution in [3.63, 3.8) is 0 Å². The van der Waals surface area contributed by atoms with E-state index in [1.165, 1.54) is 18.2 Å². The van der Waals surface area contributed by atoms with E-state index < -0.39 is 11.7 Å². The van der Waals surface area contributed by atoms with Gasteiger partial charge in [-0.15, -0.1) is 0 Å². The molecule has 0 fully saturated rings. The minimum atomic E-state index is -0.488. The lowest BCUT2D eigenvalue weighted by Gasteiger charge is -2.13. The number of hydrogen-bond acceptors (Lipinski definition) is 3. The zero-order chi connectivity index (χ0) is 13.3. The van der Waals surface area contributed by atoms with Gasteiger partial charge >= 0.3 is 0 Å². The van der Waals surface area contributed by atoms with Crippen LogP contribution in [0.5, 0.6) is 0 Å². The number of carbonyl (C=O) groups is 1. The number of carbonyl (C=O) groups excluding carboxylic acids is 1. The molecule has 0 aliphatic carbocycles. The highest BCUT2D eigenvalue weighted by molar-refractivity contribution is 5.82. The summed E-state index contributed by atoms with van der Waals surface area (Å²) in [7, 11) is 0. The zero-order valence-corrected chi connectivity index (χ0v) is 9.74. The molecule has 0 aliphatic rings. The Bertz CT molecular complexity index is 679. The SMILES string of the molecule is Cc1cc(=O)c2cc(F)ccc2n1CC(=O)NN. The Kier molecular flexibility index (Phi) is 3.12. The van der Waals surface area contributed by atoms with Gasteiger partial charge in [0.1, 0.15) is 12.4 Å². The normalized spacial score (nSPS) is 10.6. The van der Waals surface area contributed by atoms with Gasteiger partial charge in [-0.05, 0) is 25.1 Å². The van der Waals surface area contributed by atoms with E-state index in [-0.39, 0.29) is 17.4 Å². The van der Waals surface area contributed by atoms with Crippen molar-refractivity contribution in [1.82, 2.24) is 9.99 Å². The third-order valence-corrected chi connectivity index (χ3v) is 2.74. The Morgan fingerprint density at radius 3 is 2.83 bits per heavy atom. The van der Waals surface area contributed by atoms with Gasteiger partial charge in [-0.25, -0.2) is 10.2 Å². The molecular weight excluding hydrogens is 237 g/mol. The first-order chi connectivity index (χ1) is 8.52. The molecule has 0 bridgehead atoms. The van der Waals surface area contributed by atoms with Crippen LogP contribution in [-0.2, 0) is 11.3 Å². The fourth-order valence-electron chi connectivity index (χ4n) is 1.88. The highest BCUT2D eigenvalue weighted by Gasteiger charge is 2.10. The number of nitrogens with two attached hydrogens (primary N) is 1. The quantitative estimate of drug-likeness (QED) is 0.460. The third-order valence-electron chi connectivity index (χ3n) is 2.74. The number of nitrogens with zero attached hydrogens (tertiary/aromatic N) is 1. The van der Waals surface area contributed by atoms with Crippen LogP contribution in [0.3, 0.4) is 0 Å². The number of benzene rings is 1. The zero-order valence-electron chi connectivity index (χ0n) is 9.74. The van der Waals surface area contributed by atoms with Crippen LogP contribution >= 0.6 is 0 Å². The van der Waals surface area contributed by atoms with Crippen molar-refractivity contribution in [1.29, 1.82) is 0 Å². The molecule has 1 aromatic carbocycles. The standard InChI is InChI=1S/C12H12FN3O2/c1-7-4-11(17)9-5-8(13)2-3-10(9)16(7)6-12(18)15-14/h2-5H,6,14H2,1H3,(H,15,18). The van der Waals surface area contributed by atoms with Crippen molar-refractivity contribution in [3.8, 4) is 0 Å². The summed E-state index contributed by atoms with van der Waals surface area (Å²) in [4.78, 5) is 23.1. The van der Waals surface area contributed by atoms with Crippen molar-refractivity contribution in [2.24, 2.45) is 5.84 Å². The first-order valence-electron chi connectivity index (χ1n) is 5.32. The van der Waals surface area contributed by atoms with Crippen LogP contribution in [0.2, 0.25) is 0 Å². The van der Waals surface area contributed by atoms with E-state index in [2.05, 4.69) is 0 Å². The Balaban J connectivity index is 2.72. The van der Waals surface area contributed by atoms with Gasteiger partial charge in [0.05, 0.1) is 5.52 Å². The van der Waals surface area contributed by atoms with Gasteiger partial charge in [-0.1, -0.05) is 0 Å². The molecule has 1 aromatic heterocycles. The van der Waals surface area contributed by atoms with Crippen LogP contribution < -0.4 is 16.7 Å². The molecule has 0 unspecified atom stereocenters. The monoisotopic (exact) mass is 249 g/mol. The van der Waals surface area contributed by atoms with Crippen LogP contribution in [0.4, 0.5) is 4.39 Å². The molecule has 6 heteroatoms. The van der Waals surface area contributed by atoms with Crippen LogP contribution in [0.1, 0.15) is 5.69 Å². The molecule has 0 aliphatic heterocycles. The van der Waals surface area contributed by atoms with E-state index in [4.69, 9.17) is 5.84 Å². The average Bonchev–Trinajstić information content (AvgIpc) is 2.34. The lowest BCUT2D eigenvalue weighted by molar-refractivity contribution is -0.121. The van der Waals surface area contributed by atoms with E-state index >= 15 is 0 Å². The molecule has 1 amide bonds. The summed E-state index contributed by atoms with van der Waals surface area (Å²) in [6.45, 7) is 1.68. The van der Waals surface area contributed by atoms with Crippen LogP contribution in [-0.4, -0.2) is 10.5 Å². The molecule has 1 heterocycles. The summed E-state index contributed by atoms with van der Waals surface area (Å²) in [5.41, 5.74) is 2.87. The topological polar surface area (TPSA) is 77.1 Å². The number of rotatable bonds is 2. The number of hydrogen-bond donors (Lipinski definition) is 2. The molecule has 2 rings (SSSR count). The second kappa shape index (κ2) is 4.58. The summed E-state index contributed by atoms with van der Waals surface area (Å²) in [5.74, 6) is 4.15. The fourth-order valence-corrected chi connectivity index (χ4v) is 1.88. The summed E-state index contributed by atoms with van der Waals surface area (Å²) >= 11 is 0. The number of amides is 1. The van der Waals surface area contributed by atoms with Gasteiger partial charge in [-0.3, -0.25) is 15.0 Å². The van der Waals surface area contributed by atoms with E-state index in [0.29, 0.717) is 11.2 Å². The number of halogens is 1. The number of fused-ring (bicyclic) bond motifs is 1. The van der Waals surface area contributed by atoms with Crippen LogP contribution in [0, 0.1) is 12.7 Å². The molecule has 0 saturated heterocycles. The molecule has 0 atom stereocenters. The number of nitrogens with one attached hydrogen (secondary N) is 1. The smallest absolute Gasteiger partial charge is 0.253 e. The molecule has 3 N–H and O–H groups in total. The molecule has 94 valence electrons. The number of aromatic nitrogens is 1. The molecular formula is C12H12FN3O2. The van der Waals surface area contributed by atoms with Gasteiger partial charge in [0.25, 0.3) is 5.91 Å². The predicted octanol–water partition coefficient (Wildman–Crippen LogP) is 0.439. The second-order valence-electron chi connectivity index (χ2n) is 3.97. The molecule has 18 heavy (non-hydrogen) atoms. The first kappa shape index (κ1) is 12.3. The summed E-state index contributed by atoms with van der Waals surface area (Å²) in [6, 6.07) is 5.25. The van der Waals surface area contributed by atoms with Gasteiger partial charge in [0.15, 0.2) is 5.43 Å². The number of pyridine rings is 1. The lowest BCUT2D eigenvalue weighted by atomic mass is 10.1. The van der Waals surface area contributed by atoms with E-state index in [0.717, 1.165) is 6.07 Å². The maximum absolute atomic E-state index is 13.1. The molecule has 0 saturated carbocycles. The van der Waals surface area contributed by atoms with Crippen molar-refractivity contribution in [2.75, 3.05) is 0 Å². The second-order valence-corrected chi connectivity index (χ2v) is 3.97. The Morgan fingerprint density at radius 1 is 1.44 bits per heavy atom. The summed E-state index contributed by atoms with van der Waals surface area (Å²) in [5, 5.41) is 0.241. The maximum atomic E-state index is 13.1. The van der Waals surface area contributed by atoms with Gasteiger partial charge in [-0.2, -0.15) is 0 Å². The van der Waals surface area contributed by atoms with Crippen molar-refractivity contribution in [2.45, 2.75) is 13.5 Å². The Morgan fingerprint density at radius 2 is 2.17 bits per heavy atom. The first-order valence-corrected chi connectivity index (χ1v) is 5.32. The third kappa shape index (κ3) is 2.10. The highest BCUT2D eigenvalue weighted by Crippen LogP contribution is 2.14.